The Balaban J connectivity index is 2.26. The van der Waals surface area contributed by atoms with Gasteiger partial charge in [-0.05, 0) is 51.3 Å². The van der Waals surface area contributed by atoms with E-state index >= 15 is 0 Å². The standard InChI is InChI=1S/C25H32N4O4/c1-5-18-11-13-19(14-12-18)22(23(31)28-20-9-7-6-8-10-20)29(16-15-26)21(30)17-27-24(32)33-25(2,3)4/h1,11-14,20,22H,6-10,16-17H2,2-4H3,(H,27,32)(H,28,31). The van der Waals surface area contributed by atoms with E-state index in [0.29, 0.717) is 11.1 Å². The topological polar surface area (TPSA) is 112 Å². The van der Waals surface area contributed by atoms with Crippen LogP contribution in [0.25, 0.3) is 0 Å². The van der Waals surface area contributed by atoms with Gasteiger partial charge >= 0.3 is 6.09 Å². The molecule has 1 saturated carbocycles. The first-order valence-electron chi connectivity index (χ1n) is 11.1. The molecule has 0 saturated heterocycles. The number of terminal acetylenes is 1. The Morgan fingerprint density at radius 1 is 1.18 bits per heavy atom. The number of carbonyl (C=O) groups excluding carboxylic acids is 3. The van der Waals surface area contributed by atoms with Crippen LogP contribution in [0.3, 0.4) is 0 Å². The molecule has 0 radical (unpaired) electrons. The lowest BCUT2D eigenvalue weighted by Crippen LogP contribution is -2.49. The summed E-state index contributed by atoms with van der Waals surface area (Å²) < 4.78 is 5.16. The molecule has 1 aromatic carbocycles. The third kappa shape index (κ3) is 8.16. The van der Waals surface area contributed by atoms with Gasteiger partial charge in [-0.1, -0.05) is 37.3 Å². The zero-order chi connectivity index (χ0) is 24.4. The third-order valence-corrected chi connectivity index (χ3v) is 5.25. The van der Waals surface area contributed by atoms with Crippen LogP contribution in [0.4, 0.5) is 4.79 Å². The maximum absolute atomic E-state index is 13.3. The van der Waals surface area contributed by atoms with Crippen LogP contribution in [0.1, 0.15) is 70.0 Å². The second kappa shape index (κ2) is 11.9. The van der Waals surface area contributed by atoms with Gasteiger partial charge in [-0.2, -0.15) is 5.26 Å². The fourth-order valence-electron chi connectivity index (χ4n) is 3.72. The smallest absolute Gasteiger partial charge is 0.408 e. The van der Waals surface area contributed by atoms with Gasteiger partial charge in [0.2, 0.25) is 11.8 Å². The highest BCUT2D eigenvalue weighted by atomic mass is 16.6. The van der Waals surface area contributed by atoms with Crippen molar-refractivity contribution in [2.45, 2.75) is 70.6 Å². The normalized spacial score (nSPS) is 14.8. The minimum absolute atomic E-state index is 0.0256. The highest BCUT2D eigenvalue weighted by Gasteiger charge is 2.33. The van der Waals surface area contributed by atoms with E-state index in [1.54, 1.807) is 45.0 Å². The van der Waals surface area contributed by atoms with Crippen molar-refractivity contribution in [3.05, 3.63) is 35.4 Å². The Hall–Kier alpha value is -3.52. The van der Waals surface area contributed by atoms with Crippen LogP contribution < -0.4 is 10.6 Å². The second-order valence-electron chi connectivity index (χ2n) is 9.05. The van der Waals surface area contributed by atoms with E-state index in [0.717, 1.165) is 32.1 Å². The van der Waals surface area contributed by atoms with Crippen molar-refractivity contribution < 1.29 is 19.1 Å². The molecule has 1 aromatic rings. The first kappa shape index (κ1) is 25.7. The largest absolute Gasteiger partial charge is 0.444 e. The van der Waals surface area contributed by atoms with Gasteiger partial charge in [0.25, 0.3) is 0 Å². The van der Waals surface area contributed by atoms with Gasteiger partial charge in [0.15, 0.2) is 0 Å². The van der Waals surface area contributed by atoms with Crippen molar-refractivity contribution in [2.24, 2.45) is 0 Å². The van der Waals surface area contributed by atoms with Crippen molar-refractivity contribution in [1.29, 1.82) is 5.26 Å². The number of rotatable bonds is 7. The maximum Gasteiger partial charge on any atom is 0.408 e. The first-order valence-corrected chi connectivity index (χ1v) is 11.1. The van der Waals surface area contributed by atoms with Crippen molar-refractivity contribution in [3.8, 4) is 18.4 Å². The quantitative estimate of drug-likeness (QED) is 0.488. The molecule has 176 valence electrons. The molecule has 3 amide bonds. The monoisotopic (exact) mass is 452 g/mol. The van der Waals surface area contributed by atoms with Gasteiger partial charge in [-0.15, -0.1) is 6.42 Å². The molecule has 33 heavy (non-hydrogen) atoms. The summed E-state index contributed by atoms with van der Waals surface area (Å²) in [6.07, 6.45) is 9.64. The number of benzene rings is 1. The van der Waals surface area contributed by atoms with E-state index in [-0.39, 0.29) is 18.5 Å². The summed E-state index contributed by atoms with van der Waals surface area (Å²) in [7, 11) is 0. The molecule has 1 unspecified atom stereocenters. The molecule has 0 bridgehead atoms. The molecule has 8 nitrogen and oxygen atoms in total. The van der Waals surface area contributed by atoms with Crippen LogP contribution in [0.2, 0.25) is 0 Å². The summed E-state index contributed by atoms with van der Waals surface area (Å²) in [5.74, 6) is 1.58. The third-order valence-electron chi connectivity index (χ3n) is 5.25. The number of nitriles is 1. The summed E-state index contributed by atoms with van der Waals surface area (Å²) in [5.41, 5.74) is 0.443. The van der Waals surface area contributed by atoms with Crippen molar-refractivity contribution >= 4 is 17.9 Å². The summed E-state index contributed by atoms with van der Waals surface area (Å²) in [6.45, 7) is 4.40. The summed E-state index contributed by atoms with van der Waals surface area (Å²) in [4.78, 5) is 39.5. The van der Waals surface area contributed by atoms with Crippen LogP contribution in [0.5, 0.6) is 0 Å². The van der Waals surface area contributed by atoms with Crippen molar-refractivity contribution in [2.75, 3.05) is 13.1 Å². The minimum atomic E-state index is -1.04. The van der Waals surface area contributed by atoms with E-state index < -0.39 is 30.2 Å². The van der Waals surface area contributed by atoms with Crippen LogP contribution in [0.15, 0.2) is 24.3 Å². The number of hydrogen-bond donors (Lipinski definition) is 2. The molecule has 2 rings (SSSR count). The summed E-state index contributed by atoms with van der Waals surface area (Å²) in [6, 6.07) is 7.67. The molecule has 0 spiro atoms. The number of hydrogen-bond acceptors (Lipinski definition) is 5. The lowest BCUT2D eigenvalue weighted by atomic mass is 9.94. The van der Waals surface area contributed by atoms with Gasteiger partial charge in [0, 0.05) is 11.6 Å². The fourth-order valence-corrected chi connectivity index (χ4v) is 3.72. The van der Waals surface area contributed by atoms with E-state index in [2.05, 4.69) is 16.6 Å². The lowest BCUT2D eigenvalue weighted by Gasteiger charge is -2.32. The number of nitrogens with one attached hydrogen (secondary N) is 2. The van der Waals surface area contributed by atoms with Gasteiger partial charge in [-0.25, -0.2) is 4.79 Å². The van der Waals surface area contributed by atoms with E-state index in [1.807, 2.05) is 6.07 Å². The molecule has 1 atom stereocenters. The number of nitrogens with zero attached hydrogens (tertiary/aromatic N) is 2. The van der Waals surface area contributed by atoms with Crippen LogP contribution in [0, 0.1) is 23.7 Å². The fraction of sp³-hybridized carbons (Fsp3) is 0.520. The molecule has 8 heteroatoms. The predicted octanol–water partition coefficient (Wildman–Crippen LogP) is 3.03. The molecule has 2 N–H and O–H groups in total. The Bertz CT molecular complexity index is 916. The highest BCUT2D eigenvalue weighted by molar-refractivity contribution is 5.90. The first-order chi connectivity index (χ1) is 15.6. The van der Waals surface area contributed by atoms with Gasteiger partial charge in [0.05, 0.1) is 6.07 Å². The van der Waals surface area contributed by atoms with Crippen LogP contribution >= 0.6 is 0 Å². The second-order valence-corrected chi connectivity index (χ2v) is 9.05. The Morgan fingerprint density at radius 2 is 1.82 bits per heavy atom. The Kier molecular flexibility index (Phi) is 9.30. The molecule has 1 aliphatic carbocycles. The average molecular weight is 453 g/mol. The van der Waals surface area contributed by atoms with Gasteiger partial charge in [-0.3, -0.25) is 9.59 Å². The summed E-state index contributed by atoms with van der Waals surface area (Å²) >= 11 is 0. The van der Waals surface area contributed by atoms with Gasteiger partial charge in [0.1, 0.15) is 24.7 Å². The number of ether oxygens (including phenoxy) is 1. The van der Waals surface area contributed by atoms with E-state index in [1.165, 1.54) is 4.90 Å². The Morgan fingerprint density at radius 3 is 2.36 bits per heavy atom. The lowest BCUT2D eigenvalue weighted by molar-refractivity contribution is -0.139. The Labute approximate surface area is 195 Å². The maximum atomic E-state index is 13.3. The van der Waals surface area contributed by atoms with E-state index in [4.69, 9.17) is 11.2 Å². The van der Waals surface area contributed by atoms with Gasteiger partial charge < -0.3 is 20.3 Å². The zero-order valence-electron chi connectivity index (χ0n) is 19.5. The highest BCUT2D eigenvalue weighted by Crippen LogP contribution is 2.24. The van der Waals surface area contributed by atoms with Crippen LogP contribution in [-0.2, 0) is 14.3 Å². The molecular formula is C25H32N4O4. The van der Waals surface area contributed by atoms with Crippen molar-refractivity contribution in [1.82, 2.24) is 15.5 Å². The zero-order valence-corrected chi connectivity index (χ0v) is 19.5. The molecule has 0 aromatic heterocycles. The number of carbonyl (C=O) groups is 3. The molecule has 1 fully saturated rings. The van der Waals surface area contributed by atoms with E-state index in [9.17, 15) is 19.6 Å². The SMILES string of the molecule is C#Cc1ccc(C(C(=O)NC2CCCCC2)N(CC#N)C(=O)CNC(=O)OC(C)(C)C)cc1. The molecule has 1 aliphatic rings. The van der Waals surface area contributed by atoms with Crippen molar-refractivity contribution in [3.63, 3.8) is 0 Å². The number of amides is 3. The summed E-state index contributed by atoms with van der Waals surface area (Å²) in [5, 5.41) is 14.8. The predicted molar refractivity (Wildman–Crippen MR) is 124 cm³/mol. The minimum Gasteiger partial charge on any atom is -0.444 e. The van der Waals surface area contributed by atoms with Crippen LogP contribution in [-0.4, -0.2) is 47.5 Å². The molecular weight excluding hydrogens is 420 g/mol. The molecule has 0 heterocycles. The average Bonchev–Trinajstić information content (AvgIpc) is 2.77. The molecule has 0 aliphatic heterocycles. The number of alkyl carbamates (subject to hydrolysis) is 1.